The Morgan fingerprint density at radius 3 is 2.68 bits per heavy atom. The number of fused-ring (bicyclic) bond motifs is 3. The average molecular weight is 253 g/mol. The fourth-order valence-corrected chi connectivity index (χ4v) is 2.02. The largest absolute Gasteiger partial charge is 0.358 e. The number of aromatic amines is 1. The maximum absolute atomic E-state index is 11.6. The van der Waals surface area contributed by atoms with E-state index in [-0.39, 0.29) is 5.69 Å². The maximum atomic E-state index is 11.6. The van der Waals surface area contributed by atoms with Crippen LogP contribution in [-0.2, 0) is 4.79 Å². The Morgan fingerprint density at radius 2 is 1.89 bits per heavy atom. The summed E-state index contributed by atoms with van der Waals surface area (Å²) >= 11 is 0. The van der Waals surface area contributed by atoms with Crippen LogP contribution < -0.4 is 0 Å². The third-order valence-electron chi connectivity index (χ3n) is 2.92. The molecule has 0 atom stereocenters. The molecule has 6 heteroatoms. The second-order valence-electron chi connectivity index (χ2n) is 4.01. The number of H-pyrrole nitrogens is 1. The first-order valence-corrected chi connectivity index (χ1v) is 5.49. The number of amides is 1. The van der Waals surface area contributed by atoms with Gasteiger partial charge in [-0.2, -0.15) is 0 Å². The first-order valence-electron chi connectivity index (χ1n) is 5.49. The molecular weight excluding hydrogens is 246 g/mol. The van der Waals surface area contributed by atoms with E-state index in [2.05, 4.69) is 15.1 Å². The Morgan fingerprint density at radius 1 is 1.11 bits per heavy atom. The average Bonchev–Trinajstić information content (AvgIpc) is 2.93. The summed E-state index contributed by atoms with van der Waals surface area (Å²) in [5.74, 6) is -2.27. The van der Waals surface area contributed by atoms with E-state index in [4.69, 9.17) is 0 Å². The van der Waals surface area contributed by atoms with Crippen molar-refractivity contribution in [2.75, 3.05) is 0 Å². The topological polar surface area (TPSA) is 92.2 Å². The van der Waals surface area contributed by atoms with Crippen LogP contribution in [0.25, 0.3) is 21.8 Å². The third kappa shape index (κ3) is 1.70. The summed E-state index contributed by atoms with van der Waals surface area (Å²) in [5, 5.41) is 3.85. The molecule has 0 bridgehead atoms. The van der Waals surface area contributed by atoms with Crippen LogP contribution in [0.4, 0.5) is 0 Å². The highest BCUT2D eigenvalue weighted by Gasteiger charge is 2.18. The van der Waals surface area contributed by atoms with Crippen LogP contribution in [-0.4, -0.2) is 21.7 Å². The number of carbonyl (C=O) groups is 2. The van der Waals surface area contributed by atoms with Crippen molar-refractivity contribution in [2.45, 2.75) is 0 Å². The molecular formula is C13H7N3O3. The van der Waals surface area contributed by atoms with Gasteiger partial charge in [0.15, 0.2) is 0 Å². The Kier molecular flexibility index (Phi) is 2.42. The minimum atomic E-state index is -1.32. The Bertz CT molecular complexity index is 835. The Labute approximate surface area is 106 Å². The first kappa shape index (κ1) is 11.2. The molecule has 3 aromatic rings. The van der Waals surface area contributed by atoms with Gasteiger partial charge >= 0.3 is 5.91 Å². The van der Waals surface area contributed by atoms with Crippen LogP contribution in [0.1, 0.15) is 10.5 Å². The van der Waals surface area contributed by atoms with Crippen molar-refractivity contribution in [3.05, 3.63) is 47.1 Å². The van der Waals surface area contributed by atoms with Crippen LogP contribution in [0.2, 0.25) is 0 Å². The molecule has 3 rings (SSSR count). The molecule has 0 saturated carbocycles. The summed E-state index contributed by atoms with van der Waals surface area (Å²) in [6, 6.07) is 8.68. The Balaban J connectivity index is 2.26. The minimum absolute atomic E-state index is 0.0331. The molecule has 1 aromatic carbocycles. The van der Waals surface area contributed by atoms with Crippen molar-refractivity contribution in [3.8, 4) is 0 Å². The number of hydrogen-bond donors (Lipinski definition) is 1. The standard InChI is InChI=1S/C13H7N3O3/c17-12(13(18)16-19)10-4-2-7-1-3-9-8(5-6-14-9)11(7)15-10/h1-6,15H. The number of benzene rings is 1. The van der Waals surface area contributed by atoms with Gasteiger partial charge in [0.1, 0.15) is 0 Å². The van der Waals surface area contributed by atoms with E-state index in [9.17, 15) is 14.5 Å². The van der Waals surface area contributed by atoms with Gasteiger partial charge in [0.2, 0.25) is 0 Å². The van der Waals surface area contributed by atoms with E-state index in [1.165, 1.54) is 6.07 Å². The summed E-state index contributed by atoms with van der Waals surface area (Å²) in [4.78, 5) is 39.7. The molecule has 0 radical (unpaired) electrons. The lowest BCUT2D eigenvalue weighted by Gasteiger charge is -2.03. The van der Waals surface area contributed by atoms with Crippen molar-refractivity contribution in [1.82, 2.24) is 9.97 Å². The lowest BCUT2D eigenvalue weighted by atomic mass is 10.1. The molecule has 0 unspecified atom stereocenters. The monoisotopic (exact) mass is 253 g/mol. The molecule has 2 aromatic heterocycles. The number of nitrogens with zero attached hydrogens (tertiary/aromatic N) is 2. The van der Waals surface area contributed by atoms with E-state index in [1.807, 2.05) is 18.2 Å². The van der Waals surface area contributed by atoms with E-state index in [1.54, 1.807) is 12.3 Å². The van der Waals surface area contributed by atoms with E-state index in [0.29, 0.717) is 5.52 Å². The molecule has 2 heterocycles. The number of nitrogens with one attached hydrogen (secondary N) is 1. The fraction of sp³-hybridized carbons (Fsp3) is 0. The number of rotatable bonds is 2. The second-order valence-corrected chi connectivity index (χ2v) is 4.01. The van der Waals surface area contributed by atoms with Crippen LogP contribution in [0, 0.1) is 4.91 Å². The molecule has 0 aliphatic rings. The predicted molar refractivity (Wildman–Crippen MR) is 68.7 cm³/mol. The molecule has 92 valence electrons. The lowest BCUT2D eigenvalue weighted by Crippen LogP contribution is -2.12. The van der Waals surface area contributed by atoms with Gasteiger partial charge in [-0.05, 0) is 23.6 Å². The summed E-state index contributed by atoms with van der Waals surface area (Å²) in [7, 11) is 0. The molecule has 1 amide bonds. The highest BCUT2D eigenvalue weighted by atomic mass is 16.3. The zero-order valence-electron chi connectivity index (χ0n) is 9.58. The summed E-state index contributed by atoms with van der Waals surface area (Å²) in [6.07, 6.45) is 1.66. The molecule has 6 nitrogen and oxygen atoms in total. The van der Waals surface area contributed by atoms with Crippen molar-refractivity contribution in [3.63, 3.8) is 0 Å². The van der Waals surface area contributed by atoms with Crippen molar-refractivity contribution in [1.29, 1.82) is 0 Å². The van der Waals surface area contributed by atoms with Gasteiger partial charge in [-0.15, -0.1) is 4.91 Å². The zero-order valence-corrected chi connectivity index (χ0v) is 9.58. The van der Waals surface area contributed by atoms with Gasteiger partial charge < -0.3 is 4.98 Å². The third-order valence-corrected chi connectivity index (χ3v) is 2.92. The Hall–Kier alpha value is -2.89. The number of Topliss-reactive ketones (excluding diaryl/α,β-unsaturated/α-hetero) is 1. The minimum Gasteiger partial charge on any atom is -0.351 e. The van der Waals surface area contributed by atoms with Crippen LogP contribution in [0.15, 0.2) is 41.7 Å². The number of aromatic nitrogens is 2. The highest BCUT2D eigenvalue weighted by molar-refractivity contribution is 6.42. The van der Waals surface area contributed by atoms with Gasteiger partial charge in [0.05, 0.1) is 16.7 Å². The number of ketones is 1. The van der Waals surface area contributed by atoms with E-state index in [0.717, 1.165) is 16.3 Å². The second kappa shape index (κ2) is 4.09. The summed E-state index contributed by atoms with van der Waals surface area (Å²) < 4.78 is 0. The first-order chi connectivity index (χ1) is 9.20. The zero-order chi connectivity index (χ0) is 13.4. The quantitative estimate of drug-likeness (QED) is 0.430. The fourth-order valence-electron chi connectivity index (χ4n) is 2.02. The van der Waals surface area contributed by atoms with Gasteiger partial charge in [-0.1, -0.05) is 12.1 Å². The molecule has 19 heavy (non-hydrogen) atoms. The van der Waals surface area contributed by atoms with E-state index >= 15 is 0 Å². The predicted octanol–water partition coefficient (Wildman–Crippen LogP) is 2.19. The van der Waals surface area contributed by atoms with Crippen molar-refractivity contribution >= 4 is 33.5 Å². The number of carbonyl (C=O) groups excluding carboxylic acids is 2. The highest BCUT2D eigenvalue weighted by Crippen LogP contribution is 2.23. The summed E-state index contributed by atoms with van der Waals surface area (Å²) in [6.45, 7) is 0. The van der Waals surface area contributed by atoms with Gasteiger partial charge in [-0.25, -0.2) is 0 Å². The molecule has 0 fully saturated rings. The number of hydrogen-bond acceptors (Lipinski definition) is 4. The molecule has 0 aliphatic carbocycles. The lowest BCUT2D eigenvalue weighted by molar-refractivity contribution is -0.114. The van der Waals surface area contributed by atoms with E-state index < -0.39 is 11.7 Å². The van der Waals surface area contributed by atoms with Crippen LogP contribution in [0.5, 0.6) is 0 Å². The van der Waals surface area contributed by atoms with Gasteiger partial charge in [0.25, 0.3) is 5.78 Å². The van der Waals surface area contributed by atoms with Crippen LogP contribution in [0.3, 0.4) is 0 Å². The molecule has 0 aliphatic heterocycles. The van der Waals surface area contributed by atoms with Crippen molar-refractivity contribution in [2.24, 2.45) is 5.18 Å². The number of pyridine rings is 1. The molecule has 0 saturated heterocycles. The normalized spacial score (nSPS) is 10.7. The smallest absolute Gasteiger partial charge is 0.351 e. The van der Waals surface area contributed by atoms with Gasteiger partial charge in [0, 0.05) is 16.8 Å². The summed E-state index contributed by atoms with van der Waals surface area (Å²) in [5.41, 5.74) is 1.51. The van der Waals surface area contributed by atoms with Crippen LogP contribution >= 0.6 is 0 Å². The molecule has 0 spiro atoms. The molecule has 1 N–H and O–H groups in total. The van der Waals surface area contributed by atoms with Crippen molar-refractivity contribution < 1.29 is 9.59 Å². The SMILES string of the molecule is O=NC(=O)C(=O)c1ccc2ccc3nccc3c2[nH]1. The van der Waals surface area contributed by atoms with Gasteiger partial charge in [-0.3, -0.25) is 14.6 Å². The maximum Gasteiger partial charge on any atom is 0.358 e. The number of nitroso groups, excluding NO2 is 1.